The second-order valence-corrected chi connectivity index (χ2v) is 1.96. The quantitative estimate of drug-likeness (QED) is 0.412. The summed E-state index contributed by atoms with van der Waals surface area (Å²) < 4.78 is 0.611. The van der Waals surface area contributed by atoms with Gasteiger partial charge in [-0.15, -0.1) is 0 Å². The van der Waals surface area contributed by atoms with Gasteiger partial charge in [0.1, 0.15) is 0 Å². The van der Waals surface area contributed by atoms with Crippen LogP contribution in [0.15, 0.2) is 12.7 Å². The average Bonchev–Trinajstić information content (AvgIpc) is 1.61. The Morgan fingerprint density at radius 3 is 2.71 bits per heavy atom. The van der Waals surface area contributed by atoms with Crippen molar-refractivity contribution in [3.05, 3.63) is 12.7 Å². The van der Waals surface area contributed by atoms with Crippen LogP contribution < -0.4 is 11.1 Å². The van der Waals surface area contributed by atoms with E-state index in [1.807, 2.05) is 0 Å². The molecule has 0 radical (unpaired) electrons. The van der Waals surface area contributed by atoms with Crippen LogP contribution >= 0.6 is 0 Å². The number of hydrogen-bond donors (Lipinski definition) is 2. The van der Waals surface area contributed by atoms with Gasteiger partial charge in [0, 0.05) is 0 Å². The maximum atomic E-state index is 5.18. The summed E-state index contributed by atoms with van der Waals surface area (Å²) in [5.74, 6) is 0. The molecule has 0 aromatic carbocycles. The fraction of sp³-hybridized carbons (Fsp3) is 0.250. The van der Waals surface area contributed by atoms with Crippen LogP contribution in [0.5, 0.6) is 0 Å². The van der Waals surface area contributed by atoms with E-state index in [0.29, 0.717) is 4.67 Å². The molecule has 0 bridgehead atoms. The number of nitrogens with one attached hydrogen (secondary N) is 1. The van der Waals surface area contributed by atoms with Gasteiger partial charge in [0.25, 0.3) is 0 Å². The Morgan fingerprint density at radius 1 is 2.00 bits per heavy atom. The molecule has 0 unspecified atom stereocenters. The molecule has 0 spiro atoms. The second kappa shape index (κ2) is 3.90. The standard InChI is InChI=1S/C4H8N2Se/c1-2-3-6-4(5)7/h2H,1,3H2,(H3,5,6,7). The SMILES string of the molecule is C=CCNC(N)=[Se]. The van der Waals surface area contributed by atoms with E-state index in [1.54, 1.807) is 6.08 Å². The van der Waals surface area contributed by atoms with Crippen molar-refractivity contribution < 1.29 is 0 Å². The van der Waals surface area contributed by atoms with Gasteiger partial charge < -0.3 is 0 Å². The third-order valence-corrected chi connectivity index (χ3v) is 0.723. The van der Waals surface area contributed by atoms with Crippen molar-refractivity contribution in [2.24, 2.45) is 5.73 Å². The van der Waals surface area contributed by atoms with Gasteiger partial charge in [-0.05, 0) is 0 Å². The molecular formula is C4H8N2Se. The van der Waals surface area contributed by atoms with Gasteiger partial charge in [-0.1, -0.05) is 0 Å². The molecule has 40 valence electrons. The van der Waals surface area contributed by atoms with Crippen LogP contribution in [-0.4, -0.2) is 26.8 Å². The van der Waals surface area contributed by atoms with E-state index in [1.165, 1.54) is 0 Å². The van der Waals surface area contributed by atoms with Crippen molar-refractivity contribution in [1.29, 1.82) is 0 Å². The minimum absolute atomic E-state index is 0.611. The predicted molar refractivity (Wildman–Crippen MR) is 33.1 cm³/mol. The normalized spacial score (nSPS) is 7.43. The van der Waals surface area contributed by atoms with Crippen LogP contribution in [0.25, 0.3) is 0 Å². The maximum absolute atomic E-state index is 5.18. The summed E-state index contributed by atoms with van der Waals surface area (Å²) in [6.45, 7) is 4.21. The van der Waals surface area contributed by atoms with Gasteiger partial charge in [0.05, 0.1) is 0 Å². The summed E-state index contributed by atoms with van der Waals surface area (Å²) in [5, 5.41) is 2.82. The third kappa shape index (κ3) is 5.73. The molecule has 2 nitrogen and oxygen atoms in total. The van der Waals surface area contributed by atoms with E-state index >= 15 is 0 Å². The summed E-state index contributed by atoms with van der Waals surface area (Å²) in [6.07, 6.45) is 1.74. The summed E-state index contributed by atoms with van der Waals surface area (Å²) in [5.41, 5.74) is 5.18. The van der Waals surface area contributed by atoms with Crippen LogP contribution in [-0.2, 0) is 0 Å². The summed E-state index contributed by atoms with van der Waals surface area (Å²) in [4.78, 5) is 0. The first kappa shape index (κ1) is 6.73. The van der Waals surface area contributed by atoms with Crippen molar-refractivity contribution in [2.45, 2.75) is 0 Å². The van der Waals surface area contributed by atoms with E-state index in [4.69, 9.17) is 5.73 Å². The van der Waals surface area contributed by atoms with E-state index < -0.39 is 0 Å². The molecular weight excluding hydrogens is 155 g/mol. The first-order valence-corrected chi connectivity index (χ1v) is 2.77. The Morgan fingerprint density at radius 2 is 2.57 bits per heavy atom. The molecule has 0 rings (SSSR count). The van der Waals surface area contributed by atoms with E-state index in [-0.39, 0.29) is 0 Å². The molecule has 0 saturated heterocycles. The Hall–Kier alpha value is -0.271. The van der Waals surface area contributed by atoms with Gasteiger partial charge in [-0.2, -0.15) is 0 Å². The Labute approximate surface area is 51.1 Å². The van der Waals surface area contributed by atoms with Crippen molar-refractivity contribution >= 4 is 20.2 Å². The first-order chi connectivity index (χ1) is 3.27. The molecule has 0 aliphatic carbocycles. The zero-order chi connectivity index (χ0) is 5.70. The van der Waals surface area contributed by atoms with Crippen LogP contribution in [0.3, 0.4) is 0 Å². The average molecular weight is 163 g/mol. The van der Waals surface area contributed by atoms with Crippen molar-refractivity contribution in [1.82, 2.24) is 5.32 Å². The van der Waals surface area contributed by atoms with Crippen LogP contribution in [0.4, 0.5) is 0 Å². The van der Waals surface area contributed by atoms with Gasteiger partial charge in [0.15, 0.2) is 0 Å². The molecule has 3 N–H and O–H groups in total. The number of rotatable bonds is 3. The fourth-order valence-corrected chi connectivity index (χ4v) is 0.348. The zero-order valence-corrected chi connectivity index (χ0v) is 5.69. The van der Waals surface area contributed by atoms with Crippen molar-refractivity contribution in [3.8, 4) is 0 Å². The molecule has 0 amide bonds. The number of nitrogens with two attached hydrogens (primary N) is 1. The molecule has 0 heterocycles. The number of hydrogen-bond acceptors (Lipinski definition) is 2. The van der Waals surface area contributed by atoms with Gasteiger partial charge in [0.2, 0.25) is 0 Å². The minimum atomic E-state index is 0.611. The third-order valence-electron chi connectivity index (χ3n) is 0.421. The van der Waals surface area contributed by atoms with E-state index in [9.17, 15) is 0 Å². The molecule has 7 heavy (non-hydrogen) atoms. The van der Waals surface area contributed by atoms with Crippen molar-refractivity contribution in [3.63, 3.8) is 0 Å². The van der Waals surface area contributed by atoms with Gasteiger partial charge in [-0.3, -0.25) is 0 Å². The Balaban J connectivity index is 2.97. The van der Waals surface area contributed by atoms with Crippen LogP contribution in [0.2, 0.25) is 0 Å². The zero-order valence-electron chi connectivity index (χ0n) is 3.98. The van der Waals surface area contributed by atoms with Gasteiger partial charge >= 0.3 is 50.5 Å². The predicted octanol–water partition coefficient (Wildman–Crippen LogP) is -1.02. The fourth-order valence-electron chi connectivity index (χ4n) is 0.173. The second-order valence-electron chi connectivity index (χ2n) is 1.03. The molecule has 0 aromatic heterocycles. The first-order valence-electron chi connectivity index (χ1n) is 1.91. The van der Waals surface area contributed by atoms with Gasteiger partial charge in [-0.25, -0.2) is 0 Å². The monoisotopic (exact) mass is 164 g/mol. The molecule has 0 aliphatic heterocycles. The molecule has 0 atom stereocenters. The van der Waals surface area contributed by atoms with E-state index in [2.05, 4.69) is 27.5 Å². The van der Waals surface area contributed by atoms with Crippen molar-refractivity contribution in [2.75, 3.05) is 6.54 Å². The van der Waals surface area contributed by atoms with Crippen LogP contribution in [0.1, 0.15) is 0 Å². The molecule has 3 heteroatoms. The summed E-state index contributed by atoms with van der Waals surface area (Å²) in [6, 6.07) is 0. The summed E-state index contributed by atoms with van der Waals surface area (Å²) >= 11 is 2.61. The molecule has 0 aliphatic rings. The molecule has 0 saturated carbocycles. The Kier molecular flexibility index (Phi) is 3.75. The topological polar surface area (TPSA) is 38.0 Å². The van der Waals surface area contributed by atoms with Crippen LogP contribution in [0, 0.1) is 0 Å². The molecule has 0 aromatic rings. The van der Waals surface area contributed by atoms with E-state index in [0.717, 1.165) is 6.54 Å². The molecule has 0 fully saturated rings. The summed E-state index contributed by atoms with van der Waals surface area (Å²) in [7, 11) is 0. The Bertz CT molecular complexity index is 79.8.